The molecule has 3 aromatic rings. The van der Waals surface area contributed by atoms with E-state index in [4.69, 9.17) is 27.9 Å². The number of aryl methyl sites for hydroxylation is 1. The maximum absolute atomic E-state index is 12.9. The quantitative estimate of drug-likeness (QED) is 0.590. The molecule has 174 valence electrons. The summed E-state index contributed by atoms with van der Waals surface area (Å²) in [6, 6.07) is 1.82. The lowest BCUT2D eigenvalue weighted by Crippen LogP contribution is -2.43. The van der Waals surface area contributed by atoms with Crippen molar-refractivity contribution in [3.63, 3.8) is 0 Å². The van der Waals surface area contributed by atoms with E-state index in [9.17, 15) is 9.59 Å². The summed E-state index contributed by atoms with van der Waals surface area (Å²) in [5.74, 6) is -0.187. The van der Waals surface area contributed by atoms with Crippen molar-refractivity contribution in [1.29, 1.82) is 0 Å². The molecule has 1 aliphatic rings. The summed E-state index contributed by atoms with van der Waals surface area (Å²) in [6.45, 7) is 6.09. The molecule has 0 atom stereocenters. The van der Waals surface area contributed by atoms with Crippen LogP contribution < -0.4 is 5.32 Å². The molecule has 0 fully saturated rings. The Kier molecular flexibility index (Phi) is 6.24. The summed E-state index contributed by atoms with van der Waals surface area (Å²) in [4.78, 5) is 34.8. The SMILES string of the molecule is Cn1c2c(c3c(-c4cncnc4)cc(Cl)c(Cl)c31)CN(C(=O)CNC(=O)OC(C)(C)C)CC2. The summed E-state index contributed by atoms with van der Waals surface area (Å²) in [7, 11) is 1.95. The molecule has 0 aliphatic carbocycles. The third-order valence-corrected chi connectivity index (χ3v) is 6.34. The zero-order valence-corrected chi connectivity index (χ0v) is 20.4. The van der Waals surface area contributed by atoms with Gasteiger partial charge in [-0.1, -0.05) is 23.2 Å². The lowest BCUT2D eigenvalue weighted by Gasteiger charge is -2.28. The molecule has 1 aromatic carbocycles. The Labute approximate surface area is 201 Å². The van der Waals surface area contributed by atoms with Gasteiger partial charge in [-0.25, -0.2) is 14.8 Å². The molecule has 1 aliphatic heterocycles. The fourth-order valence-electron chi connectivity index (χ4n) is 4.17. The Hall–Kier alpha value is -2.84. The second kappa shape index (κ2) is 8.83. The van der Waals surface area contributed by atoms with Gasteiger partial charge in [0, 0.05) is 61.2 Å². The van der Waals surface area contributed by atoms with Crippen molar-refractivity contribution in [2.45, 2.75) is 39.3 Å². The number of carbonyl (C=O) groups excluding carboxylic acids is 2. The number of halogens is 2. The van der Waals surface area contributed by atoms with Gasteiger partial charge in [-0.2, -0.15) is 0 Å². The fraction of sp³-hybridized carbons (Fsp3) is 0.391. The molecule has 0 unspecified atom stereocenters. The molecule has 4 rings (SSSR count). The number of hydrogen-bond acceptors (Lipinski definition) is 5. The molecule has 2 amide bonds. The molecular weight excluding hydrogens is 465 g/mol. The zero-order chi connectivity index (χ0) is 23.9. The Bertz CT molecular complexity index is 1230. The van der Waals surface area contributed by atoms with Crippen LogP contribution in [-0.2, 0) is 29.5 Å². The Morgan fingerprint density at radius 3 is 2.58 bits per heavy atom. The van der Waals surface area contributed by atoms with E-state index in [1.807, 2.05) is 17.7 Å². The molecule has 1 N–H and O–H groups in total. The number of benzene rings is 1. The molecule has 0 saturated carbocycles. The molecule has 10 heteroatoms. The predicted octanol–water partition coefficient (Wildman–Crippen LogP) is 4.35. The van der Waals surface area contributed by atoms with Gasteiger partial charge in [0.25, 0.3) is 0 Å². The first-order valence-corrected chi connectivity index (χ1v) is 11.3. The number of amides is 2. The van der Waals surface area contributed by atoms with E-state index in [2.05, 4.69) is 15.3 Å². The number of nitrogens with one attached hydrogen (secondary N) is 1. The third-order valence-electron chi connectivity index (χ3n) is 5.56. The highest BCUT2D eigenvalue weighted by atomic mass is 35.5. The van der Waals surface area contributed by atoms with Gasteiger partial charge in [-0.3, -0.25) is 4.79 Å². The largest absolute Gasteiger partial charge is 0.444 e. The second-order valence-electron chi connectivity index (χ2n) is 8.98. The Balaban J connectivity index is 1.67. The van der Waals surface area contributed by atoms with Gasteiger partial charge in [0.05, 0.1) is 15.6 Å². The number of hydrogen-bond donors (Lipinski definition) is 1. The van der Waals surface area contributed by atoms with Crippen LogP contribution in [0.15, 0.2) is 24.8 Å². The van der Waals surface area contributed by atoms with Crippen LogP contribution in [0, 0.1) is 0 Å². The van der Waals surface area contributed by atoms with Crippen LogP contribution in [0.5, 0.6) is 0 Å². The number of ether oxygens (including phenoxy) is 1. The number of fused-ring (bicyclic) bond motifs is 3. The lowest BCUT2D eigenvalue weighted by atomic mass is 9.97. The summed E-state index contributed by atoms with van der Waals surface area (Å²) < 4.78 is 7.27. The van der Waals surface area contributed by atoms with Crippen LogP contribution in [0.2, 0.25) is 10.0 Å². The highest BCUT2D eigenvalue weighted by Crippen LogP contribution is 2.43. The van der Waals surface area contributed by atoms with Crippen molar-refractivity contribution in [2.24, 2.45) is 7.05 Å². The number of carbonyl (C=O) groups is 2. The van der Waals surface area contributed by atoms with E-state index in [1.54, 1.807) is 38.1 Å². The maximum atomic E-state index is 12.9. The topological polar surface area (TPSA) is 89.4 Å². The van der Waals surface area contributed by atoms with Gasteiger partial charge in [0.1, 0.15) is 18.5 Å². The van der Waals surface area contributed by atoms with E-state index in [-0.39, 0.29) is 12.5 Å². The maximum Gasteiger partial charge on any atom is 0.408 e. The molecule has 8 nitrogen and oxygen atoms in total. The molecule has 0 spiro atoms. The van der Waals surface area contributed by atoms with E-state index < -0.39 is 11.7 Å². The van der Waals surface area contributed by atoms with E-state index >= 15 is 0 Å². The third kappa shape index (κ3) is 4.63. The number of nitrogens with zero attached hydrogens (tertiary/aromatic N) is 4. The minimum atomic E-state index is -0.631. The van der Waals surface area contributed by atoms with Gasteiger partial charge in [0.2, 0.25) is 5.91 Å². The molecule has 3 heterocycles. The number of rotatable bonds is 3. The Morgan fingerprint density at radius 2 is 1.91 bits per heavy atom. The molecule has 2 aromatic heterocycles. The average Bonchev–Trinajstić information content (AvgIpc) is 3.06. The number of aromatic nitrogens is 3. The van der Waals surface area contributed by atoms with E-state index in [1.165, 1.54) is 6.33 Å². The first-order chi connectivity index (χ1) is 15.6. The molecule has 0 radical (unpaired) electrons. The second-order valence-corrected chi connectivity index (χ2v) is 9.76. The van der Waals surface area contributed by atoms with E-state index in [0.29, 0.717) is 29.6 Å². The summed E-state index contributed by atoms with van der Waals surface area (Å²) in [5, 5.41) is 4.38. The molecular formula is C23H25Cl2N5O3. The van der Waals surface area contributed by atoms with Crippen molar-refractivity contribution in [1.82, 2.24) is 24.8 Å². The van der Waals surface area contributed by atoms with Crippen LogP contribution in [0.3, 0.4) is 0 Å². The number of alkyl carbamates (subject to hydrolysis) is 1. The Morgan fingerprint density at radius 1 is 1.21 bits per heavy atom. The highest BCUT2D eigenvalue weighted by Gasteiger charge is 2.29. The average molecular weight is 490 g/mol. The van der Waals surface area contributed by atoms with Crippen LogP contribution >= 0.6 is 23.2 Å². The highest BCUT2D eigenvalue weighted by molar-refractivity contribution is 6.45. The molecule has 0 saturated heterocycles. The van der Waals surface area contributed by atoms with Crippen molar-refractivity contribution in [3.8, 4) is 11.1 Å². The first kappa shape index (κ1) is 23.3. The monoisotopic (exact) mass is 489 g/mol. The van der Waals surface area contributed by atoms with Crippen LogP contribution in [0.1, 0.15) is 32.0 Å². The van der Waals surface area contributed by atoms with Gasteiger partial charge < -0.3 is 19.5 Å². The van der Waals surface area contributed by atoms with Crippen LogP contribution in [-0.4, -0.2) is 50.1 Å². The lowest BCUT2D eigenvalue weighted by molar-refractivity contribution is -0.131. The van der Waals surface area contributed by atoms with Gasteiger partial charge in [0.15, 0.2) is 0 Å². The normalized spacial score (nSPS) is 13.7. The fourth-order valence-corrected chi connectivity index (χ4v) is 4.64. The predicted molar refractivity (Wildman–Crippen MR) is 127 cm³/mol. The van der Waals surface area contributed by atoms with Crippen molar-refractivity contribution < 1.29 is 14.3 Å². The van der Waals surface area contributed by atoms with Crippen molar-refractivity contribution >= 4 is 46.1 Å². The smallest absolute Gasteiger partial charge is 0.408 e. The summed E-state index contributed by atoms with van der Waals surface area (Å²) >= 11 is 13.1. The van der Waals surface area contributed by atoms with Gasteiger partial charge >= 0.3 is 6.09 Å². The summed E-state index contributed by atoms with van der Waals surface area (Å²) in [5.41, 5.74) is 3.95. The van der Waals surface area contributed by atoms with E-state index in [0.717, 1.165) is 33.3 Å². The van der Waals surface area contributed by atoms with Gasteiger partial charge in [-0.05, 0) is 32.4 Å². The van der Waals surface area contributed by atoms with Crippen LogP contribution in [0.25, 0.3) is 22.0 Å². The summed E-state index contributed by atoms with van der Waals surface area (Å²) in [6.07, 6.45) is 4.95. The molecule has 33 heavy (non-hydrogen) atoms. The van der Waals surface area contributed by atoms with Gasteiger partial charge in [-0.15, -0.1) is 0 Å². The minimum Gasteiger partial charge on any atom is -0.444 e. The zero-order valence-electron chi connectivity index (χ0n) is 18.9. The minimum absolute atomic E-state index is 0.138. The van der Waals surface area contributed by atoms with Crippen LogP contribution in [0.4, 0.5) is 4.79 Å². The standard InChI is InChI=1S/C23H25Cl2N5O3/c1-23(2,3)33-22(32)28-10-18(31)30-6-5-17-15(11-30)19-14(13-8-26-12-27-9-13)7-16(24)20(25)21(19)29(17)4/h7-9,12H,5-6,10-11H2,1-4H3,(H,28,32). The van der Waals surface area contributed by atoms with Crippen molar-refractivity contribution in [2.75, 3.05) is 13.1 Å². The van der Waals surface area contributed by atoms with Crippen molar-refractivity contribution in [3.05, 3.63) is 46.1 Å². The first-order valence-electron chi connectivity index (χ1n) is 10.5. The molecule has 0 bridgehead atoms.